The summed E-state index contributed by atoms with van der Waals surface area (Å²) in [5.74, 6) is 0.729. The number of aliphatic hydroxyl groups is 3. The highest BCUT2D eigenvalue weighted by Gasteiger charge is 2.04. The summed E-state index contributed by atoms with van der Waals surface area (Å²) < 4.78 is 16.3. The number of aliphatic hydroxyl groups excluding tert-OH is 3. The summed E-state index contributed by atoms with van der Waals surface area (Å²) in [7, 11) is 0. The van der Waals surface area contributed by atoms with Crippen LogP contribution in [0, 0.1) is 0 Å². The molecule has 1 aromatic rings. The summed E-state index contributed by atoms with van der Waals surface area (Å²) in [5.41, 5.74) is 2.07. The molecule has 0 amide bonds. The maximum absolute atomic E-state index is 9.18. The number of rotatable bonds is 13. The Kier molecular flexibility index (Phi) is 10.6. The maximum atomic E-state index is 9.18. The van der Waals surface area contributed by atoms with Crippen LogP contribution in [0.3, 0.4) is 0 Å². The highest BCUT2D eigenvalue weighted by atomic mass is 16.5. The molecule has 0 fully saturated rings. The summed E-state index contributed by atoms with van der Waals surface area (Å²) in [6.07, 6.45) is 0.329. The van der Waals surface area contributed by atoms with Crippen LogP contribution in [0.1, 0.15) is 25.0 Å². The highest BCUT2D eigenvalue weighted by Crippen LogP contribution is 2.18. The van der Waals surface area contributed by atoms with Gasteiger partial charge in [-0.05, 0) is 49.9 Å². The van der Waals surface area contributed by atoms with Crippen molar-refractivity contribution in [1.82, 2.24) is 0 Å². The minimum atomic E-state index is -0.480. The Hall–Kier alpha value is -1.18. The fraction of sp³-hybridized carbons (Fsp3) is 0.667. The van der Waals surface area contributed by atoms with Crippen molar-refractivity contribution in [3.63, 3.8) is 0 Å². The molecular formula is C18H30O6. The van der Waals surface area contributed by atoms with Crippen molar-refractivity contribution in [2.75, 3.05) is 39.6 Å². The lowest BCUT2D eigenvalue weighted by Gasteiger charge is -2.12. The van der Waals surface area contributed by atoms with E-state index >= 15 is 0 Å². The first-order chi connectivity index (χ1) is 11.5. The third kappa shape index (κ3) is 9.85. The van der Waals surface area contributed by atoms with Gasteiger partial charge in [0.1, 0.15) is 12.4 Å². The van der Waals surface area contributed by atoms with E-state index in [0.717, 1.165) is 16.9 Å². The van der Waals surface area contributed by atoms with E-state index in [1.165, 1.54) is 0 Å². The molecule has 0 bridgehead atoms. The van der Waals surface area contributed by atoms with Crippen LogP contribution in [0.4, 0.5) is 0 Å². The smallest absolute Gasteiger partial charge is 0.119 e. The molecule has 0 aliphatic carbocycles. The van der Waals surface area contributed by atoms with E-state index in [9.17, 15) is 5.11 Å². The van der Waals surface area contributed by atoms with Crippen molar-refractivity contribution < 1.29 is 29.5 Å². The summed E-state index contributed by atoms with van der Waals surface area (Å²) in [6, 6.07) is 5.88. The van der Waals surface area contributed by atoms with E-state index in [4.69, 9.17) is 24.4 Å². The van der Waals surface area contributed by atoms with Crippen LogP contribution in [0.15, 0.2) is 18.2 Å². The number of hydrogen-bond acceptors (Lipinski definition) is 6. The van der Waals surface area contributed by atoms with Crippen molar-refractivity contribution in [3.8, 4) is 5.75 Å². The first kappa shape index (κ1) is 20.9. The van der Waals surface area contributed by atoms with Gasteiger partial charge in [0.05, 0.1) is 38.6 Å². The quantitative estimate of drug-likeness (QED) is 0.462. The average Bonchev–Trinajstić information content (AvgIpc) is 2.51. The fourth-order valence-corrected chi connectivity index (χ4v) is 2.15. The van der Waals surface area contributed by atoms with Crippen molar-refractivity contribution >= 4 is 0 Å². The Bertz CT molecular complexity index is 447. The van der Waals surface area contributed by atoms with E-state index in [1.807, 2.05) is 18.2 Å². The first-order valence-electron chi connectivity index (χ1n) is 8.39. The summed E-state index contributed by atoms with van der Waals surface area (Å²) in [4.78, 5) is 0. The van der Waals surface area contributed by atoms with E-state index < -0.39 is 12.2 Å². The lowest BCUT2D eigenvalue weighted by Crippen LogP contribution is -2.15. The normalized spacial score (nSPS) is 13.7. The molecule has 2 atom stereocenters. The van der Waals surface area contributed by atoms with Crippen LogP contribution < -0.4 is 4.74 Å². The summed E-state index contributed by atoms with van der Waals surface area (Å²) in [5, 5.41) is 27.4. The summed E-state index contributed by atoms with van der Waals surface area (Å²) >= 11 is 0. The third-order valence-corrected chi connectivity index (χ3v) is 3.18. The molecule has 138 valence electrons. The van der Waals surface area contributed by atoms with Gasteiger partial charge >= 0.3 is 0 Å². The van der Waals surface area contributed by atoms with Gasteiger partial charge in [-0.3, -0.25) is 0 Å². The third-order valence-electron chi connectivity index (χ3n) is 3.18. The zero-order valence-corrected chi connectivity index (χ0v) is 14.6. The molecule has 24 heavy (non-hydrogen) atoms. The second kappa shape index (κ2) is 12.2. The van der Waals surface area contributed by atoms with Crippen LogP contribution in [-0.4, -0.2) is 67.2 Å². The second-order valence-corrected chi connectivity index (χ2v) is 5.91. The molecule has 0 aliphatic rings. The zero-order valence-electron chi connectivity index (χ0n) is 14.6. The van der Waals surface area contributed by atoms with Crippen LogP contribution in [0.25, 0.3) is 0 Å². The van der Waals surface area contributed by atoms with Gasteiger partial charge in [0.2, 0.25) is 0 Å². The SMILES string of the molecule is CC(O)COCCOc1cc(CCO)cc(CCOCC(C)O)c1. The molecule has 0 spiro atoms. The van der Waals surface area contributed by atoms with Crippen LogP contribution in [-0.2, 0) is 22.3 Å². The number of ether oxygens (including phenoxy) is 3. The molecule has 1 aromatic carbocycles. The number of hydrogen-bond donors (Lipinski definition) is 3. The molecule has 0 aliphatic heterocycles. The Morgan fingerprint density at radius 3 is 2.00 bits per heavy atom. The molecule has 0 aromatic heterocycles. The highest BCUT2D eigenvalue weighted by molar-refractivity contribution is 5.35. The minimum absolute atomic E-state index is 0.0823. The molecule has 0 saturated carbocycles. The zero-order chi connectivity index (χ0) is 17.8. The largest absolute Gasteiger partial charge is 0.491 e. The fourth-order valence-electron chi connectivity index (χ4n) is 2.15. The standard InChI is InChI=1S/C18H30O6/c1-14(20)12-22-6-4-17-9-16(3-5-19)10-18(11-17)24-8-7-23-13-15(2)21/h9-11,14-15,19-21H,3-8,12-13H2,1-2H3. The topological polar surface area (TPSA) is 88.4 Å². The van der Waals surface area contributed by atoms with Crippen LogP contribution in [0.2, 0.25) is 0 Å². The van der Waals surface area contributed by atoms with E-state index in [-0.39, 0.29) is 6.61 Å². The summed E-state index contributed by atoms with van der Waals surface area (Å²) in [6.45, 7) is 5.37. The molecule has 0 heterocycles. The minimum Gasteiger partial charge on any atom is -0.491 e. The van der Waals surface area contributed by atoms with Crippen LogP contribution >= 0.6 is 0 Å². The first-order valence-corrected chi connectivity index (χ1v) is 8.39. The Morgan fingerprint density at radius 2 is 1.42 bits per heavy atom. The van der Waals surface area contributed by atoms with Gasteiger partial charge < -0.3 is 29.5 Å². The predicted octanol–water partition coefficient (Wildman–Crippen LogP) is 0.938. The Labute approximate surface area is 144 Å². The van der Waals surface area contributed by atoms with Gasteiger partial charge in [0.15, 0.2) is 0 Å². The van der Waals surface area contributed by atoms with Gasteiger partial charge in [-0.25, -0.2) is 0 Å². The van der Waals surface area contributed by atoms with Crippen molar-refractivity contribution in [2.45, 2.75) is 38.9 Å². The van der Waals surface area contributed by atoms with E-state index in [2.05, 4.69) is 0 Å². The van der Waals surface area contributed by atoms with E-state index in [1.54, 1.807) is 13.8 Å². The Morgan fingerprint density at radius 1 is 0.833 bits per heavy atom. The van der Waals surface area contributed by atoms with Gasteiger partial charge in [-0.2, -0.15) is 0 Å². The molecule has 1 rings (SSSR count). The van der Waals surface area contributed by atoms with Crippen molar-refractivity contribution in [3.05, 3.63) is 29.3 Å². The van der Waals surface area contributed by atoms with Crippen LogP contribution in [0.5, 0.6) is 5.75 Å². The van der Waals surface area contributed by atoms with Gasteiger partial charge in [0, 0.05) is 6.61 Å². The number of benzene rings is 1. The molecule has 6 heteroatoms. The molecule has 2 unspecified atom stereocenters. The molecular weight excluding hydrogens is 312 g/mol. The van der Waals surface area contributed by atoms with Gasteiger partial charge in [-0.1, -0.05) is 6.07 Å². The predicted molar refractivity (Wildman–Crippen MR) is 91.4 cm³/mol. The van der Waals surface area contributed by atoms with E-state index in [0.29, 0.717) is 45.9 Å². The monoisotopic (exact) mass is 342 g/mol. The Balaban J connectivity index is 2.50. The average molecular weight is 342 g/mol. The maximum Gasteiger partial charge on any atom is 0.119 e. The van der Waals surface area contributed by atoms with Crippen molar-refractivity contribution in [2.24, 2.45) is 0 Å². The lowest BCUT2D eigenvalue weighted by molar-refractivity contribution is 0.0328. The lowest BCUT2D eigenvalue weighted by atomic mass is 10.1. The van der Waals surface area contributed by atoms with Gasteiger partial charge in [0.25, 0.3) is 0 Å². The van der Waals surface area contributed by atoms with Crippen molar-refractivity contribution in [1.29, 1.82) is 0 Å². The molecule has 0 saturated heterocycles. The molecule has 3 N–H and O–H groups in total. The second-order valence-electron chi connectivity index (χ2n) is 5.91. The molecule has 6 nitrogen and oxygen atoms in total. The van der Waals surface area contributed by atoms with Gasteiger partial charge in [-0.15, -0.1) is 0 Å². The molecule has 0 radical (unpaired) electrons.